The smallest absolute Gasteiger partial charge is 0.266 e. The molecule has 0 aliphatic heterocycles. The number of benzene rings is 2. The Morgan fingerprint density at radius 3 is 2.84 bits per heavy atom. The minimum absolute atomic E-state index is 0.252. The summed E-state index contributed by atoms with van der Waals surface area (Å²) in [6.07, 6.45) is 1.37. The summed E-state index contributed by atoms with van der Waals surface area (Å²) in [6.45, 7) is -0.252. The zero-order valence-electron chi connectivity index (χ0n) is 12.5. The second-order valence-electron chi connectivity index (χ2n) is 4.82. The normalized spacial score (nSPS) is 11.2. The number of nitrogens with zero attached hydrogens (tertiary/aromatic N) is 2. The minimum Gasteiger partial charge on any atom is -0.386 e. The Kier molecular flexibility index (Phi) is 5.90. The number of amides is 1. The molecule has 0 bridgehead atoms. The molecule has 0 aliphatic rings. The summed E-state index contributed by atoms with van der Waals surface area (Å²) in [6, 6.07) is 10.8. The Hall–Kier alpha value is -1.67. The largest absolute Gasteiger partial charge is 0.386 e. The van der Waals surface area contributed by atoms with Gasteiger partial charge in [-0.3, -0.25) is 10.1 Å². The van der Waals surface area contributed by atoms with E-state index < -0.39 is 0 Å². The second-order valence-corrected chi connectivity index (χ2v) is 7.58. The van der Waals surface area contributed by atoms with Crippen molar-refractivity contribution in [2.75, 3.05) is 11.9 Å². The lowest BCUT2D eigenvalue weighted by Gasteiger charge is -2.01. The molecule has 25 heavy (non-hydrogen) atoms. The molecule has 0 unspecified atom stereocenters. The molecule has 9 heteroatoms. The number of thiazole rings is 1. The molecule has 3 rings (SSSR count). The molecule has 2 aromatic carbocycles. The van der Waals surface area contributed by atoms with Crippen LogP contribution in [0.15, 0.2) is 46.0 Å². The third kappa shape index (κ3) is 4.70. The fraction of sp³-hybridized carbons (Fsp3) is 0.0625. The van der Waals surface area contributed by atoms with Crippen LogP contribution in [0.1, 0.15) is 5.56 Å². The molecule has 0 radical (unpaired) electrons. The molecular weight excluding hydrogens is 449 g/mol. The highest BCUT2D eigenvalue weighted by atomic mass is 79.9. The first-order valence-electron chi connectivity index (χ1n) is 6.98. The maximum Gasteiger partial charge on any atom is 0.266 e. The first-order valence-corrected chi connectivity index (χ1v) is 9.35. The lowest BCUT2D eigenvalue weighted by molar-refractivity contribution is -0.120. The molecule has 5 nitrogen and oxygen atoms in total. The number of hydrogen-bond acceptors (Lipinski definition) is 5. The first-order chi connectivity index (χ1) is 12.0. The molecule has 0 atom stereocenters. The van der Waals surface area contributed by atoms with E-state index in [1.54, 1.807) is 18.2 Å². The number of anilines is 1. The Bertz CT molecular complexity index is 941. The van der Waals surface area contributed by atoms with Crippen molar-refractivity contribution in [3.8, 4) is 0 Å². The summed E-state index contributed by atoms with van der Waals surface area (Å²) in [5.41, 5.74) is 1.35. The number of aromatic nitrogens is 1. The summed E-state index contributed by atoms with van der Waals surface area (Å²) in [5.74, 6) is -0.361. The van der Waals surface area contributed by atoms with E-state index in [1.165, 1.54) is 17.6 Å². The van der Waals surface area contributed by atoms with Gasteiger partial charge >= 0.3 is 0 Å². The highest BCUT2D eigenvalue weighted by molar-refractivity contribution is 9.10. The number of nitrogens with one attached hydrogen (secondary N) is 1. The number of carbonyl (C=O) groups is 1. The monoisotopic (exact) mass is 457 g/mol. The lowest BCUT2D eigenvalue weighted by atomic mass is 10.2. The number of rotatable bonds is 5. The van der Waals surface area contributed by atoms with Gasteiger partial charge in [-0.15, -0.1) is 0 Å². The van der Waals surface area contributed by atoms with Crippen LogP contribution in [0.4, 0.5) is 5.13 Å². The summed E-state index contributed by atoms with van der Waals surface area (Å²) in [7, 11) is 0. The van der Waals surface area contributed by atoms with Crippen LogP contribution >= 0.6 is 50.5 Å². The number of halogens is 3. The molecule has 0 aliphatic carbocycles. The van der Waals surface area contributed by atoms with E-state index in [9.17, 15) is 4.79 Å². The van der Waals surface area contributed by atoms with E-state index in [2.05, 4.69) is 31.4 Å². The Labute approximate surface area is 165 Å². The SMILES string of the molecule is O=C(CO/N=C/c1c(Cl)cccc1Cl)Nc1nc2ccc(Br)cc2s1. The topological polar surface area (TPSA) is 63.6 Å². The standard InChI is InChI=1S/C16H10BrCl2N3O2S/c17-9-4-5-13-14(6-9)25-16(21-13)22-15(23)8-24-20-7-10-11(18)2-1-3-12(10)19/h1-7H,8H2,(H,21,22,23)/b20-7+. The predicted octanol–water partition coefficient (Wildman–Crippen LogP) is 5.35. The third-order valence-electron chi connectivity index (χ3n) is 3.05. The van der Waals surface area contributed by atoms with Gasteiger partial charge in [0.25, 0.3) is 5.91 Å². The average Bonchev–Trinajstić information content (AvgIpc) is 2.94. The maximum atomic E-state index is 11.9. The van der Waals surface area contributed by atoms with E-state index in [4.69, 9.17) is 28.0 Å². The van der Waals surface area contributed by atoms with Gasteiger partial charge in [0, 0.05) is 10.0 Å². The van der Waals surface area contributed by atoms with Crippen molar-refractivity contribution in [2.24, 2.45) is 5.16 Å². The van der Waals surface area contributed by atoms with Crippen molar-refractivity contribution in [3.63, 3.8) is 0 Å². The average molecular weight is 459 g/mol. The summed E-state index contributed by atoms with van der Waals surface area (Å²) in [4.78, 5) is 21.2. The predicted molar refractivity (Wildman–Crippen MR) is 106 cm³/mol. The molecule has 128 valence electrons. The molecule has 1 amide bonds. The number of fused-ring (bicyclic) bond motifs is 1. The van der Waals surface area contributed by atoms with Crippen molar-refractivity contribution in [2.45, 2.75) is 0 Å². The molecule has 0 saturated heterocycles. The molecule has 1 N–H and O–H groups in total. The van der Waals surface area contributed by atoms with Crippen LogP contribution < -0.4 is 5.32 Å². The van der Waals surface area contributed by atoms with Crippen molar-refractivity contribution in [1.29, 1.82) is 0 Å². The zero-order valence-corrected chi connectivity index (χ0v) is 16.4. The molecule has 0 fully saturated rings. The highest BCUT2D eigenvalue weighted by Gasteiger charge is 2.09. The Morgan fingerprint density at radius 1 is 1.32 bits per heavy atom. The van der Waals surface area contributed by atoms with Crippen LogP contribution in [0.25, 0.3) is 10.2 Å². The Balaban J connectivity index is 1.56. The summed E-state index contributed by atoms with van der Waals surface area (Å²) >= 11 is 16.8. The highest BCUT2D eigenvalue weighted by Crippen LogP contribution is 2.28. The quantitative estimate of drug-likeness (QED) is 0.413. The minimum atomic E-state index is -0.361. The fourth-order valence-electron chi connectivity index (χ4n) is 1.93. The van der Waals surface area contributed by atoms with Gasteiger partial charge in [-0.25, -0.2) is 4.98 Å². The van der Waals surface area contributed by atoms with Crippen LogP contribution in [0.3, 0.4) is 0 Å². The van der Waals surface area contributed by atoms with Gasteiger partial charge in [0.2, 0.25) is 0 Å². The first kappa shape index (κ1) is 18.1. The second kappa shape index (κ2) is 8.14. The molecule has 1 heterocycles. The van der Waals surface area contributed by atoms with E-state index in [0.29, 0.717) is 20.7 Å². The van der Waals surface area contributed by atoms with Crippen molar-refractivity contribution >= 4 is 77.9 Å². The summed E-state index contributed by atoms with van der Waals surface area (Å²) in [5, 5.41) is 7.79. The third-order valence-corrected chi connectivity index (χ3v) is 5.13. The maximum absolute atomic E-state index is 11.9. The van der Waals surface area contributed by atoms with Gasteiger partial charge in [-0.2, -0.15) is 0 Å². The van der Waals surface area contributed by atoms with Gasteiger partial charge < -0.3 is 4.84 Å². The van der Waals surface area contributed by atoms with Gasteiger partial charge in [0.05, 0.1) is 26.5 Å². The Morgan fingerprint density at radius 2 is 2.08 bits per heavy atom. The molecule has 1 aromatic heterocycles. The number of hydrogen-bond donors (Lipinski definition) is 1. The van der Waals surface area contributed by atoms with E-state index in [-0.39, 0.29) is 12.5 Å². The number of oxime groups is 1. The van der Waals surface area contributed by atoms with Gasteiger partial charge in [-0.1, -0.05) is 61.7 Å². The molecule has 3 aromatic rings. The molecule has 0 spiro atoms. The fourth-order valence-corrected chi connectivity index (χ4v) is 3.86. The van der Waals surface area contributed by atoms with Crippen LogP contribution in [0.5, 0.6) is 0 Å². The van der Waals surface area contributed by atoms with Crippen LogP contribution in [0.2, 0.25) is 10.0 Å². The van der Waals surface area contributed by atoms with E-state index >= 15 is 0 Å². The van der Waals surface area contributed by atoms with Crippen LogP contribution in [0, 0.1) is 0 Å². The van der Waals surface area contributed by atoms with Gasteiger partial charge in [0.1, 0.15) is 0 Å². The molecular formula is C16H10BrCl2N3O2S. The van der Waals surface area contributed by atoms with E-state index in [0.717, 1.165) is 14.7 Å². The lowest BCUT2D eigenvalue weighted by Crippen LogP contribution is -2.16. The van der Waals surface area contributed by atoms with Crippen molar-refractivity contribution < 1.29 is 9.63 Å². The number of carbonyl (C=O) groups excluding carboxylic acids is 1. The van der Waals surface area contributed by atoms with Crippen molar-refractivity contribution in [3.05, 3.63) is 56.5 Å². The van der Waals surface area contributed by atoms with Crippen LogP contribution in [-0.4, -0.2) is 23.7 Å². The van der Waals surface area contributed by atoms with Gasteiger partial charge in [-0.05, 0) is 30.3 Å². The van der Waals surface area contributed by atoms with Crippen LogP contribution in [-0.2, 0) is 9.63 Å². The summed E-state index contributed by atoms with van der Waals surface area (Å²) < 4.78 is 1.93. The van der Waals surface area contributed by atoms with Crippen molar-refractivity contribution in [1.82, 2.24) is 4.98 Å². The molecule has 0 saturated carbocycles. The zero-order chi connectivity index (χ0) is 17.8. The van der Waals surface area contributed by atoms with E-state index in [1.807, 2.05) is 18.2 Å². The van der Waals surface area contributed by atoms with Gasteiger partial charge in [0.15, 0.2) is 11.7 Å².